The van der Waals surface area contributed by atoms with E-state index in [0.717, 1.165) is 30.8 Å². The molecule has 0 atom stereocenters. The lowest BCUT2D eigenvalue weighted by Crippen LogP contribution is -2.36. The lowest BCUT2D eigenvalue weighted by Gasteiger charge is -2.00. The van der Waals surface area contributed by atoms with Gasteiger partial charge in [-0.1, -0.05) is 31.9 Å². The summed E-state index contributed by atoms with van der Waals surface area (Å²) in [6, 6.07) is 11.4. The topological polar surface area (TPSA) is 71.3 Å². The van der Waals surface area contributed by atoms with Crippen LogP contribution in [-0.4, -0.2) is 39.8 Å². The summed E-state index contributed by atoms with van der Waals surface area (Å²) in [5.41, 5.74) is 2.76. The van der Waals surface area contributed by atoms with Crippen LogP contribution in [0.15, 0.2) is 76.5 Å². The number of halogens is 2. The zero-order valence-corrected chi connectivity index (χ0v) is 22.1. The highest BCUT2D eigenvalue weighted by Crippen LogP contribution is 2.26. The number of hydrogen-bond acceptors (Lipinski definition) is 4. The summed E-state index contributed by atoms with van der Waals surface area (Å²) in [4.78, 5) is 37.0. The van der Waals surface area contributed by atoms with Gasteiger partial charge in [0.25, 0.3) is 0 Å². The number of benzene rings is 2. The van der Waals surface area contributed by atoms with Crippen LogP contribution >= 0.6 is 31.9 Å². The zero-order valence-electron chi connectivity index (χ0n) is 18.9. The molecule has 35 heavy (non-hydrogen) atoms. The third kappa shape index (κ3) is 4.39. The monoisotopic (exact) mass is 599 g/mol. The number of nitrogens with zero attached hydrogens (tertiary/aromatic N) is 4. The van der Waals surface area contributed by atoms with Gasteiger partial charge in [0.15, 0.2) is 13.1 Å². The molecule has 0 amide bonds. The molecule has 0 radical (unpaired) electrons. The van der Waals surface area contributed by atoms with Crippen LogP contribution in [0.1, 0.15) is 20.7 Å². The minimum absolute atomic E-state index is 0.0639. The molecule has 0 aliphatic rings. The Kier molecular flexibility index (Phi) is 6.24. The van der Waals surface area contributed by atoms with E-state index in [9.17, 15) is 9.59 Å². The van der Waals surface area contributed by atoms with E-state index in [-0.39, 0.29) is 24.7 Å². The van der Waals surface area contributed by atoms with Gasteiger partial charge in [-0.3, -0.25) is 9.59 Å². The Balaban J connectivity index is 1.36. The van der Waals surface area contributed by atoms with Gasteiger partial charge in [-0.2, -0.15) is 9.46 Å². The van der Waals surface area contributed by atoms with Gasteiger partial charge >= 0.3 is 0 Å². The zero-order chi connectivity index (χ0) is 24.7. The average Bonchev–Trinajstić information content (AvgIpc) is 3.53. The lowest BCUT2D eigenvalue weighted by molar-refractivity contribution is -0.682. The summed E-state index contributed by atoms with van der Waals surface area (Å²) in [6.45, 7) is 0.263. The van der Waals surface area contributed by atoms with Crippen molar-refractivity contribution in [3.8, 4) is 0 Å². The number of fused-ring (bicyclic) bond motifs is 2. The molecule has 3 heterocycles. The van der Waals surface area contributed by atoms with Gasteiger partial charge in [-0.25, -0.2) is 9.13 Å². The van der Waals surface area contributed by atoms with E-state index in [4.69, 9.17) is 9.68 Å². The van der Waals surface area contributed by atoms with E-state index in [1.165, 1.54) is 0 Å². The van der Waals surface area contributed by atoms with E-state index in [2.05, 4.69) is 31.9 Å². The number of hydrogen-bond donors (Lipinski definition) is 0. The molecule has 0 aliphatic heterocycles. The van der Waals surface area contributed by atoms with Crippen LogP contribution in [0.3, 0.4) is 0 Å². The van der Waals surface area contributed by atoms with Gasteiger partial charge in [0.2, 0.25) is 17.9 Å². The maximum absolute atomic E-state index is 13.1. The fourth-order valence-corrected chi connectivity index (χ4v) is 4.94. The van der Waals surface area contributed by atoms with Gasteiger partial charge < -0.3 is 9.68 Å². The minimum atomic E-state index is -0.0639. The minimum Gasteiger partial charge on any atom is -0.417 e. The highest BCUT2D eigenvalue weighted by molar-refractivity contribution is 9.10. The first kappa shape index (κ1) is 23.4. The molecule has 0 unspecified atom stereocenters. The van der Waals surface area contributed by atoms with Crippen LogP contribution in [0.25, 0.3) is 21.8 Å². The Morgan fingerprint density at radius 1 is 0.857 bits per heavy atom. The number of carbonyl (C=O) groups excluding carboxylic acids is 2. The van der Waals surface area contributed by atoms with E-state index in [1.54, 1.807) is 63.9 Å². The Morgan fingerprint density at radius 3 is 1.94 bits per heavy atom. The van der Waals surface area contributed by atoms with Crippen LogP contribution in [-0.2, 0) is 13.1 Å². The highest BCUT2D eigenvalue weighted by atomic mass is 79.9. The summed E-state index contributed by atoms with van der Waals surface area (Å²) >= 11 is 6.94. The van der Waals surface area contributed by atoms with E-state index in [1.807, 2.05) is 36.4 Å². The van der Waals surface area contributed by atoms with Crippen molar-refractivity contribution in [2.24, 2.45) is 0 Å². The normalized spacial score (nSPS) is 11.3. The molecule has 0 fully saturated rings. The summed E-state index contributed by atoms with van der Waals surface area (Å²) in [7, 11) is 3.12. The second kappa shape index (κ2) is 9.35. The van der Waals surface area contributed by atoms with Crippen LogP contribution in [0, 0.1) is 0 Å². The molecule has 5 aromatic rings. The van der Waals surface area contributed by atoms with Crippen LogP contribution in [0.2, 0.25) is 0 Å². The molecular weight excluding hydrogens is 580 g/mol. The Bertz CT molecular complexity index is 1480. The molecule has 0 saturated carbocycles. The molecule has 3 aromatic heterocycles. The van der Waals surface area contributed by atoms with Crippen molar-refractivity contribution < 1.29 is 23.8 Å². The molecule has 0 N–H and O–H groups in total. The Hall–Kier alpha value is -3.37. The van der Waals surface area contributed by atoms with Crippen molar-refractivity contribution in [3.63, 3.8) is 0 Å². The summed E-state index contributed by atoms with van der Waals surface area (Å²) in [5, 5.41) is 1.62. The van der Waals surface area contributed by atoms with Crippen molar-refractivity contribution in [2.45, 2.75) is 13.1 Å². The third-order valence-electron chi connectivity index (χ3n) is 5.86. The molecule has 0 bridgehead atoms. The van der Waals surface area contributed by atoms with Gasteiger partial charge in [0.05, 0.1) is 34.6 Å². The second-order valence-electron chi connectivity index (χ2n) is 8.03. The predicted octanol–water partition coefficient (Wildman–Crippen LogP) is 4.09. The predicted molar refractivity (Wildman–Crippen MR) is 138 cm³/mol. The standard InChI is InChI=1S/C25H21Br2N4O4/c1-34-30-11-20(18-9-16(26)3-5-22(18)30)24(32)13-28-7-8-29(15-28)14-25(33)21-12-31(35-2)23-6-4-17(27)10-19(21)23/h3-12,15H,13-14H2,1-2H3/q+1. The first-order valence-electron chi connectivity index (χ1n) is 10.7. The smallest absolute Gasteiger partial charge is 0.244 e. The van der Waals surface area contributed by atoms with Gasteiger partial charge in [-0.15, -0.1) is 0 Å². The SMILES string of the molecule is COn1cc(C(=O)Cn2cc[n+](CC(=O)c3cn(OC)c4ccc(Br)cc34)c2)c2cc(Br)ccc21. The Morgan fingerprint density at radius 2 is 1.40 bits per heavy atom. The highest BCUT2D eigenvalue weighted by Gasteiger charge is 2.21. The lowest BCUT2D eigenvalue weighted by atomic mass is 10.1. The number of rotatable bonds is 8. The first-order valence-corrected chi connectivity index (χ1v) is 12.3. The quantitative estimate of drug-likeness (QED) is 0.199. The van der Waals surface area contributed by atoms with Crippen molar-refractivity contribution in [1.82, 2.24) is 14.0 Å². The number of carbonyl (C=O) groups is 2. The van der Waals surface area contributed by atoms with Crippen LogP contribution in [0.5, 0.6) is 0 Å². The number of ketones is 2. The third-order valence-corrected chi connectivity index (χ3v) is 6.84. The van der Waals surface area contributed by atoms with Crippen LogP contribution in [0.4, 0.5) is 0 Å². The molecule has 178 valence electrons. The van der Waals surface area contributed by atoms with Crippen molar-refractivity contribution in [2.75, 3.05) is 14.2 Å². The maximum Gasteiger partial charge on any atom is 0.244 e. The van der Waals surface area contributed by atoms with E-state index < -0.39 is 0 Å². The molecule has 2 aromatic carbocycles. The number of aromatic nitrogens is 4. The molecular formula is C25H21Br2N4O4+. The van der Waals surface area contributed by atoms with Crippen molar-refractivity contribution in [3.05, 3.63) is 87.6 Å². The fourth-order valence-electron chi connectivity index (χ4n) is 4.22. The summed E-state index contributed by atoms with van der Waals surface area (Å²) in [6.07, 6.45) is 8.72. The maximum atomic E-state index is 13.1. The molecule has 0 spiro atoms. The van der Waals surface area contributed by atoms with Crippen molar-refractivity contribution >= 4 is 65.2 Å². The Labute approximate surface area is 217 Å². The number of imidazole rings is 1. The van der Waals surface area contributed by atoms with Gasteiger partial charge in [-0.05, 0) is 36.4 Å². The summed E-state index contributed by atoms with van der Waals surface area (Å²) < 4.78 is 8.45. The molecule has 5 rings (SSSR count). The molecule has 10 heteroatoms. The number of Topliss-reactive ketones (excluding diaryl/α,β-unsaturated/α-hetero) is 2. The molecule has 0 aliphatic carbocycles. The van der Waals surface area contributed by atoms with Crippen molar-refractivity contribution in [1.29, 1.82) is 0 Å². The average molecular weight is 601 g/mol. The van der Waals surface area contributed by atoms with E-state index >= 15 is 0 Å². The van der Waals surface area contributed by atoms with Crippen LogP contribution < -0.4 is 14.2 Å². The first-order chi connectivity index (χ1) is 16.9. The van der Waals surface area contributed by atoms with E-state index in [0.29, 0.717) is 11.1 Å². The second-order valence-corrected chi connectivity index (χ2v) is 9.86. The summed E-state index contributed by atoms with van der Waals surface area (Å²) in [5.74, 6) is -0.128. The largest absolute Gasteiger partial charge is 0.417 e. The molecule has 0 saturated heterocycles. The van der Waals surface area contributed by atoms with Gasteiger partial charge in [0.1, 0.15) is 26.6 Å². The molecule has 8 nitrogen and oxygen atoms in total. The fraction of sp³-hybridized carbons (Fsp3) is 0.160. The van der Waals surface area contributed by atoms with Gasteiger partial charge in [0, 0.05) is 19.7 Å².